The minimum absolute atomic E-state index is 0.0840. The highest BCUT2D eigenvalue weighted by atomic mass is 16.5. The molecule has 0 bridgehead atoms. The van der Waals surface area contributed by atoms with Gasteiger partial charge in [0.2, 0.25) is 6.39 Å². The summed E-state index contributed by atoms with van der Waals surface area (Å²) in [6, 6.07) is 5.73. The standard InChI is InChI=1S/C17H20N6O3/c24-8-7-23-11-18-15-9-13(1-2-14(15)17(23)25)22-5-3-21(4-6-22)10-16-19-12-26-20-16/h1-2,9,11-12,24H,3-8,10H2. The van der Waals surface area contributed by atoms with Crippen molar-refractivity contribution < 1.29 is 9.63 Å². The summed E-state index contributed by atoms with van der Waals surface area (Å²) in [6.07, 6.45) is 2.84. The van der Waals surface area contributed by atoms with Crippen molar-refractivity contribution in [3.05, 3.63) is 47.1 Å². The summed E-state index contributed by atoms with van der Waals surface area (Å²) in [5.74, 6) is 0.701. The first-order valence-corrected chi connectivity index (χ1v) is 8.57. The highest BCUT2D eigenvalue weighted by Crippen LogP contribution is 2.20. The second-order valence-corrected chi connectivity index (χ2v) is 6.28. The van der Waals surface area contributed by atoms with Gasteiger partial charge >= 0.3 is 0 Å². The minimum Gasteiger partial charge on any atom is -0.395 e. The topological polar surface area (TPSA) is 101 Å². The van der Waals surface area contributed by atoms with Crippen LogP contribution in [0, 0.1) is 0 Å². The van der Waals surface area contributed by atoms with E-state index in [4.69, 9.17) is 9.63 Å². The van der Waals surface area contributed by atoms with Gasteiger partial charge in [0.1, 0.15) is 0 Å². The number of hydrogen-bond donors (Lipinski definition) is 1. The molecule has 0 spiro atoms. The van der Waals surface area contributed by atoms with Crippen LogP contribution < -0.4 is 10.5 Å². The lowest BCUT2D eigenvalue weighted by Crippen LogP contribution is -2.46. The molecule has 1 saturated heterocycles. The lowest BCUT2D eigenvalue weighted by atomic mass is 10.2. The van der Waals surface area contributed by atoms with Gasteiger partial charge < -0.3 is 14.5 Å². The summed E-state index contributed by atoms with van der Waals surface area (Å²) in [4.78, 5) is 25.4. The Bertz CT molecular complexity index is 931. The lowest BCUT2D eigenvalue weighted by molar-refractivity contribution is 0.240. The Labute approximate surface area is 149 Å². The molecular formula is C17H20N6O3. The first kappa shape index (κ1) is 16.7. The first-order valence-electron chi connectivity index (χ1n) is 8.57. The maximum atomic E-state index is 12.4. The van der Waals surface area contributed by atoms with Gasteiger partial charge in [-0.05, 0) is 18.2 Å². The molecule has 4 rings (SSSR count). The quantitative estimate of drug-likeness (QED) is 0.687. The second kappa shape index (κ2) is 7.22. The van der Waals surface area contributed by atoms with Gasteiger partial charge in [-0.3, -0.25) is 14.3 Å². The van der Waals surface area contributed by atoms with Crippen LogP contribution in [0.15, 0.2) is 40.2 Å². The van der Waals surface area contributed by atoms with Crippen LogP contribution in [-0.2, 0) is 13.1 Å². The van der Waals surface area contributed by atoms with E-state index in [0.29, 0.717) is 23.3 Å². The third-order valence-electron chi connectivity index (χ3n) is 4.66. The fourth-order valence-electron chi connectivity index (χ4n) is 3.24. The number of piperazine rings is 1. The molecule has 1 aliphatic heterocycles. The number of rotatable bonds is 5. The smallest absolute Gasteiger partial charge is 0.261 e. The van der Waals surface area contributed by atoms with E-state index in [0.717, 1.165) is 31.9 Å². The van der Waals surface area contributed by atoms with Crippen molar-refractivity contribution in [3.8, 4) is 0 Å². The van der Waals surface area contributed by atoms with Gasteiger partial charge in [0.15, 0.2) is 5.82 Å². The van der Waals surface area contributed by atoms with Gasteiger partial charge in [-0.15, -0.1) is 0 Å². The average molecular weight is 356 g/mol. The molecular weight excluding hydrogens is 336 g/mol. The zero-order chi connectivity index (χ0) is 17.9. The number of anilines is 1. The van der Waals surface area contributed by atoms with Gasteiger partial charge in [0.25, 0.3) is 5.56 Å². The van der Waals surface area contributed by atoms with Crippen LogP contribution in [0.2, 0.25) is 0 Å². The minimum atomic E-state index is -0.125. The van der Waals surface area contributed by atoms with E-state index in [1.54, 1.807) is 0 Å². The molecule has 9 heteroatoms. The Morgan fingerprint density at radius 3 is 2.73 bits per heavy atom. The molecule has 26 heavy (non-hydrogen) atoms. The van der Waals surface area contributed by atoms with Crippen LogP contribution in [0.4, 0.5) is 5.69 Å². The van der Waals surface area contributed by atoms with Crippen molar-refractivity contribution in [1.29, 1.82) is 0 Å². The Kier molecular flexibility index (Phi) is 4.63. The van der Waals surface area contributed by atoms with Crippen molar-refractivity contribution in [1.82, 2.24) is 24.6 Å². The van der Waals surface area contributed by atoms with Crippen LogP contribution in [0.5, 0.6) is 0 Å². The molecule has 3 aromatic rings. The van der Waals surface area contributed by atoms with E-state index in [1.807, 2.05) is 18.2 Å². The molecule has 0 unspecified atom stereocenters. The zero-order valence-electron chi connectivity index (χ0n) is 14.3. The van der Waals surface area contributed by atoms with Crippen LogP contribution >= 0.6 is 0 Å². The van der Waals surface area contributed by atoms with Gasteiger partial charge in [0, 0.05) is 31.9 Å². The van der Waals surface area contributed by atoms with Crippen molar-refractivity contribution >= 4 is 16.6 Å². The van der Waals surface area contributed by atoms with Crippen molar-refractivity contribution in [2.75, 3.05) is 37.7 Å². The molecule has 3 heterocycles. The fraction of sp³-hybridized carbons (Fsp3) is 0.412. The Hall–Kier alpha value is -2.78. The third-order valence-corrected chi connectivity index (χ3v) is 4.66. The van der Waals surface area contributed by atoms with Gasteiger partial charge in [0.05, 0.1) is 36.9 Å². The van der Waals surface area contributed by atoms with Crippen molar-refractivity contribution in [2.45, 2.75) is 13.1 Å². The SMILES string of the molecule is O=c1c2ccc(N3CCN(Cc4ncon4)CC3)cc2ncn1CCO. The normalized spacial score (nSPS) is 15.7. The van der Waals surface area contributed by atoms with Gasteiger partial charge in [-0.1, -0.05) is 5.16 Å². The van der Waals surface area contributed by atoms with E-state index in [-0.39, 0.29) is 18.7 Å². The van der Waals surface area contributed by atoms with E-state index in [1.165, 1.54) is 17.3 Å². The van der Waals surface area contributed by atoms with Crippen LogP contribution in [0.1, 0.15) is 5.82 Å². The summed E-state index contributed by atoms with van der Waals surface area (Å²) in [6.45, 7) is 4.42. The maximum absolute atomic E-state index is 12.4. The van der Waals surface area contributed by atoms with Gasteiger partial charge in [-0.2, -0.15) is 4.98 Å². The van der Waals surface area contributed by atoms with Crippen LogP contribution in [0.3, 0.4) is 0 Å². The third kappa shape index (κ3) is 3.31. The van der Waals surface area contributed by atoms with E-state index in [2.05, 4.69) is 24.9 Å². The highest BCUT2D eigenvalue weighted by molar-refractivity contribution is 5.81. The highest BCUT2D eigenvalue weighted by Gasteiger charge is 2.19. The second-order valence-electron chi connectivity index (χ2n) is 6.28. The largest absolute Gasteiger partial charge is 0.395 e. The average Bonchev–Trinajstić information content (AvgIpc) is 3.18. The maximum Gasteiger partial charge on any atom is 0.261 e. The molecule has 0 atom stereocenters. The molecule has 9 nitrogen and oxygen atoms in total. The summed E-state index contributed by atoms with van der Waals surface area (Å²) in [5.41, 5.74) is 1.61. The summed E-state index contributed by atoms with van der Waals surface area (Å²) in [7, 11) is 0. The predicted molar refractivity (Wildman–Crippen MR) is 94.9 cm³/mol. The van der Waals surface area contributed by atoms with E-state index >= 15 is 0 Å². The van der Waals surface area contributed by atoms with Crippen LogP contribution in [-0.4, -0.2) is 62.5 Å². The molecule has 0 aliphatic carbocycles. The monoisotopic (exact) mass is 356 g/mol. The molecule has 1 N–H and O–H groups in total. The molecule has 1 fully saturated rings. The number of fused-ring (bicyclic) bond motifs is 1. The molecule has 1 aromatic carbocycles. The predicted octanol–water partition coefficient (Wildman–Crippen LogP) is 0.0940. The summed E-state index contributed by atoms with van der Waals surface area (Å²) in [5, 5.41) is 13.4. The molecule has 0 radical (unpaired) electrons. The number of benzene rings is 1. The summed E-state index contributed by atoms with van der Waals surface area (Å²) < 4.78 is 6.20. The molecule has 0 saturated carbocycles. The Morgan fingerprint density at radius 1 is 1.15 bits per heavy atom. The summed E-state index contributed by atoms with van der Waals surface area (Å²) >= 11 is 0. The fourth-order valence-corrected chi connectivity index (χ4v) is 3.24. The number of hydrogen-bond acceptors (Lipinski definition) is 8. The number of nitrogens with zero attached hydrogens (tertiary/aromatic N) is 6. The van der Waals surface area contributed by atoms with Gasteiger partial charge in [-0.25, -0.2) is 4.98 Å². The molecule has 0 amide bonds. The van der Waals surface area contributed by atoms with Crippen molar-refractivity contribution in [2.24, 2.45) is 0 Å². The Balaban J connectivity index is 1.47. The number of aliphatic hydroxyl groups is 1. The molecule has 1 aliphatic rings. The lowest BCUT2D eigenvalue weighted by Gasteiger charge is -2.35. The molecule has 2 aromatic heterocycles. The molecule has 136 valence electrons. The zero-order valence-corrected chi connectivity index (χ0v) is 14.3. The van der Waals surface area contributed by atoms with E-state index < -0.39 is 0 Å². The first-order chi connectivity index (χ1) is 12.7. The Morgan fingerprint density at radius 2 is 2.00 bits per heavy atom. The van der Waals surface area contributed by atoms with Crippen LogP contribution in [0.25, 0.3) is 10.9 Å². The van der Waals surface area contributed by atoms with E-state index in [9.17, 15) is 4.79 Å². The number of aliphatic hydroxyl groups excluding tert-OH is 1. The van der Waals surface area contributed by atoms with Crippen molar-refractivity contribution in [3.63, 3.8) is 0 Å². The number of aromatic nitrogens is 4.